The molecule has 0 aromatic rings. The van der Waals surface area contributed by atoms with Gasteiger partial charge in [0.2, 0.25) is 0 Å². The number of hydrogen-bond donors (Lipinski definition) is 2. The van der Waals surface area contributed by atoms with Crippen molar-refractivity contribution in [2.24, 2.45) is 0 Å². The van der Waals surface area contributed by atoms with E-state index < -0.39 is 0 Å². The molecular weight excluding hydrogens is 188 g/mol. The number of likely N-dealkylation sites (tertiary alicyclic amines) is 1. The van der Waals surface area contributed by atoms with Gasteiger partial charge in [0.05, 0.1) is 6.10 Å². The molecule has 2 N–H and O–H groups in total. The molecule has 2 heterocycles. The summed E-state index contributed by atoms with van der Waals surface area (Å²) in [5, 5.41) is 13.2. The van der Waals surface area contributed by atoms with Crippen molar-refractivity contribution >= 4 is 0 Å². The Morgan fingerprint density at radius 2 is 1.93 bits per heavy atom. The van der Waals surface area contributed by atoms with E-state index >= 15 is 0 Å². The number of aliphatic hydroxyl groups is 1. The van der Waals surface area contributed by atoms with E-state index in [4.69, 9.17) is 0 Å². The van der Waals surface area contributed by atoms with Gasteiger partial charge in [-0.25, -0.2) is 0 Å². The molecule has 0 aromatic heterocycles. The topological polar surface area (TPSA) is 35.5 Å². The van der Waals surface area contributed by atoms with Gasteiger partial charge in [-0.3, -0.25) is 4.90 Å². The summed E-state index contributed by atoms with van der Waals surface area (Å²) >= 11 is 0. The summed E-state index contributed by atoms with van der Waals surface area (Å²) in [6.45, 7) is 5.44. The minimum atomic E-state index is -0.166. The first-order valence-electron chi connectivity index (χ1n) is 6.43. The van der Waals surface area contributed by atoms with Gasteiger partial charge in [-0.2, -0.15) is 0 Å². The zero-order valence-corrected chi connectivity index (χ0v) is 9.78. The molecule has 88 valence electrons. The SMILES string of the molecule is CC(O)C1CCCCN1C1CCNCC1. The van der Waals surface area contributed by atoms with Crippen LogP contribution in [0.25, 0.3) is 0 Å². The Bertz CT molecular complexity index is 190. The predicted octanol–water partition coefficient (Wildman–Crippen LogP) is 0.974. The molecule has 3 nitrogen and oxygen atoms in total. The van der Waals surface area contributed by atoms with Gasteiger partial charge in [-0.15, -0.1) is 0 Å². The van der Waals surface area contributed by atoms with Gasteiger partial charge in [0.25, 0.3) is 0 Å². The molecule has 2 rings (SSSR count). The van der Waals surface area contributed by atoms with Crippen molar-refractivity contribution in [3.63, 3.8) is 0 Å². The summed E-state index contributed by atoms with van der Waals surface area (Å²) in [4.78, 5) is 2.58. The van der Waals surface area contributed by atoms with Crippen molar-refractivity contribution in [2.75, 3.05) is 19.6 Å². The predicted molar refractivity (Wildman–Crippen MR) is 61.9 cm³/mol. The van der Waals surface area contributed by atoms with Crippen LogP contribution in [0, 0.1) is 0 Å². The Hall–Kier alpha value is -0.120. The lowest BCUT2D eigenvalue weighted by Crippen LogP contribution is -2.53. The van der Waals surface area contributed by atoms with E-state index in [1.54, 1.807) is 0 Å². The molecule has 2 saturated heterocycles. The van der Waals surface area contributed by atoms with Crippen LogP contribution in [-0.4, -0.2) is 47.8 Å². The zero-order valence-electron chi connectivity index (χ0n) is 9.78. The van der Waals surface area contributed by atoms with Crippen molar-refractivity contribution in [1.82, 2.24) is 10.2 Å². The van der Waals surface area contributed by atoms with E-state index in [-0.39, 0.29) is 6.10 Å². The highest BCUT2D eigenvalue weighted by Gasteiger charge is 2.31. The van der Waals surface area contributed by atoms with Crippen LogP contribution in [0.5, 0.6) is 0 Å². The smallest absolute Gasteiger partial charge is 0.0667 e. The summed E-state index contributed by atoms with van der Waals surface area (Å²) in [5.41, 5.74) is 0. The zero-order chi connectivity index (χ0) is 10.7. The second kappa shape index (κ2) is 5.28. The molecule has 0 aromatic carbocycles. The fourth-order valence-corrected chi connectivity index (χ4v) is 3.09. The summed E-state index contributed by atoms with van der Waals surface area (Å²) in [6, 6.07) is 1.13. The molecule has 2 unspecified atom stereocenters. The molecule has 0 saturated carbocycles. The van der Waals surface area contributed by atoms with Crippen LogP contribution in [0.3, 0.4) is 0 Å². The van der Waals surface area contributed by atoms with Crippen LogP contribution in [0.2, 0.25) is 0 Å². The maximum atomic E-state index is 9.82. The Morgan fingerprint density at radius 1 is 1.20 bits per heavy atom. The summed E-state index contributed by atoms with van der Waals surface area (Å²) < 4.78 is 0. The lowest BCUT2D eigenvalue weighted by Gasteiger charge is -2.44. The van der Waals surface area contributed by atoms with Crippen LogP contribution < -0.4 is 5.32 Å². The lowest BCUT2D eigenvalue weighted by molar-refractivity contribution is 0.00154. The molecule has 2 aliphatic rings. The standard InChI is InChI=1S/C12H24N2O/c1-10(15)12-4-2-3-9-14(12)11-5-7-13-8-6-11/h10-13,15H,2-9H2,1H3. The second-order valence-electron chi connectivity index (χ2n) is 5.02. The van der Waals surface area contributed by atoms with Gasteiger partial charge in [0.1, 0.15) is 0 Å². The lowest BCUT2D eigenvalue weighted by atomic mass is 9.93. The largest absolute Gasteiger partial charge is 0.392 e. The highest BCUT2D eigenvalue weighted by atomic mass is 16.3. The number of nitrogens with zero attached hydrogens (tertiary/aromatic N) is 1. The monoisotopic (exact) mass is 212 g/mol. The van der Waals surface area contributed by atoms with Gasteiger partial charge < -0.3 is 10.4 Å². The van der Waals surface area contributed by atoms with Crippen molar-refractivity contribution in [3.8, 4) is 0 Å². The number of rotatable bonds is 2. The first-order chi connectivity index (χ1) is 7.29. The van der Waals surface area contributed by atoms with Crippen molar-refractivity contribution in [3.05, 3.63) is 0 Å². The Kier molecular flexibility index (Phi) is 4.00. The summed E-state index contributed by atoms with van der Waals surface area (Å²) in [6.07, 6.45) is 6.12. The highest BCUT2D eigenvalue weighted by molar-refractivity contribution is 4.87. The van der Waals surface area contributed by atoms with Crippen molar-refractivity contribution < 1.29 is 5.11 Å². The minimum Gasteiger partial charge on any atom is -0.392 e. The molecule has 3 heteroatoms. The van der Waals surface area contributed by atoms with Crippen LogP contribution in [-0.2, 0) is 0 Å². The molecule has 15 heavy (non-hydrogen) atoms. The third kappa shape index (κ3) is 2.71. The van der Waals surface area contributed by atoms with Gasteiger partial charge in [0.15, 0.2) is 0 Å². The van der Waals surface area contributed by atoms with Crippen LogP contribution in [0.1, 0.15) is 39.0 Å². The molecule has 2 aliphatic heterocycles. The fraction of sp³-hybridized carbons (Fsp3) is 1.00. The molecule has 2 fully saturated rings. The Morgan fingerprint density at radius 3 is 2.60 bits per heavy atom. The average Bonchev–Trinajstić information content (AvgIpc) is 2.30. The van der Waals surface area contributed by atoms with Gasteiger partial charge in [0, 0.05) is 12.1 Å². The highest BCUT2D eigenvalue weighted by Crippen LogP contribution is 2.25. The second-order valence-corrected chi connectivity index (χ2v) is 5.02. The number of nitrogens with one attached hydrogen (secondary N) is 1. The Labute approximate surface area is 92.8 Å². The third-order valence-electron chi connectivity index (χ3n) is 3.93. The van der Waals surface area contributed by atoms with Gasteiger partial charge >= 0.3 is 0 Å². The van der Waals surface area contributed by atoms with E-state index in [0.717, 1.165) is 13.1 Å². The average molecular weight is 212 g/mol. The van der Waals surface area contributed by atoms with E-state index in [1.165, 1.54) is 38.6 Å². The van der Waals surface area contributed by atoms with Crippen molar-refractivity contribution in [1.29, 1.82) is 0 Å². The van der Waals surface area contributed by atoms with Crippen molar-refractivity contribution in [2.45, 2.75) is 57.2 Å². The van der Waals surface area contributed by atoms with Crippen LogP contribution in [0.15, 0.2) is 0 Å². The molecule has 0 aliphatic carbocycles. The van der Waals surface area contributed by atoms with E-state index in [2.05, 4.69) is 10.2 Å². The van der Waals surface area contributed by atoms with E-state index in [0.29, 0.717) is 12.1 Å². The molecule has 0 spiro atoms. The first-order valence-corrected chi connectivity index (χ1v) is 6.43. The minimum absolute atomic E-state index is 0.166. The van der Waals surface area contributed by atoms with E-state index in [1.807, 2.05) is 6.92 Å². The fourth-order valence-electron chi connectivity index (χ4n) is 3.09. The summed E-state index contributed by atoms with van der Waals surface area (Å²) in [7, 11) is 0. The number of aliphatic hydroxyl groups excluding tert-OH is 1. The van der Waals surface area contributed by atoms with Gasteiger partial charge in [-0.05, 0) is 52.2 Å². The normalized spacial score (nSPS) is 32.8. The number of piperidine rings is 2. The quantitative estimate of drug-likeness (QED) is 0.716. The molecule has 0 amide bonds. The molecule has 2 atom stereocenters. The third-order valence-corrected chi connectivity index (χ3v) is 3.93. The summed E-state index contributed by atoms with van der Waals surface area (Å²) in [5.74, 6) is 0. The van der Waals surface area contributed by atoms with Crippen LogP contribution >= 0.6 is 0 Å². The maximum absolute atomic E-state index is 9.82. The Balaban J connectivity index is 1.96. The first kappa shape index (κ1) is 11.4. The van der Waals surface area contributed by atoms with Crippen LogP contribution in [0.4, 0.5) is 0 Å². The van der Waals surface area contributed by atoms with Gasteiger partial charge in [-0.1, -0.05) is 6.42 Å². The molecular formula is C12H24N2O. The molecule has 0 bridgehead atoms. The molecule has 0 radical (unpaired) electrons. The van der Waals surface area contributed by atoms with E-state index in [9.17, 15) is 5.11 Å². The number of hydrogen-bond acceptors (Lipinski definition) is 3. The maximum Gasteiger partial charge on any atom is 0.0667 e.